The Hall–Kier alpha value is -1.73. The Bertz CT molecular complexity index is 794. The number of aromatic nitrogens is 2. The molecule has 0 amide bonds. The van der Waals surface area contributed by atoms with Gasteiger partial charge in [0.2, 0.25) is 21.7 Å². The monoisotopic (exact) mass is 337 g/mol. The summed E-state index contributed by atoms with van der Waals surface area (Å²) < 4.78 is 28.0. The van der Waals surface area contributed by atoms with Crippen molar-refractivity contribution in [2.75, 3.05) is 0 Å². The van der Waals surface area contributed by atoms with Crippen LogP contribution in [0, 0.1) is 19.3 Å². The molecule has 0 atom stereocenters. The van der Waals surface area contributed by atoms with Crippen molar-refractivity contribution >= 4 is 10.0 Å². The van der Waals surface area contributed by atoms with Crippen LogP contribution < -0.4 is 5.14 Å². The van der Waals surface area contributed by atoms with Gasteiger partial charge in [-0.1, -0.05) is 25.9 Å². The van der Waals surface area contributed by atoms with Crippen LogP contribution in [-0.2, 0) is 22.2 Å². The number of rotatable bonds is 4. The number of nitrogens with two attached hydrogens (primary N) is 1. The molecule has 126 valence electrons. The molecular weight excluding hydrogens is 314 g/mol. The van der Waals surface area contributed by atoms with Crippen LogP contribution in [0.25, 0.3) is 11.4 Å². The first-order valence-corrected chi connectivity index (χ1v) is 9.10. The van der Waals surface area contributed by atoms with Crippen LogP contribution in [0.3, 0.4) is 0 Å². The summed E-state index contributed by atoms with van der Waals surface area (Å²) in [4.78, 5) is 4.43. The van der Waals surface area contributed by atoms with Gasteiger partial charge < -0.3 is 4.52 Å². The molecule has 7 heteroatoms. The molecule has 0 radical (unpaired) electrons. The third-order valence-corrected chi connectivity index (χ3v) is 4.14. The van der Waals surface area contributed by atoms with Crippen molar-refractivity contribution in [1.29, 1.82) is 0 Å². The third-order valence-electron chi connectivity index (χ3n) is 3.45. The van der Waals surface area contributed by atoms with Crippen molar-refractivity contribution in [2.45, 2.75) is 46.8 Å². The molecule has 2 N–H and O–H groups in total. The fourth-order valence-corrected chi connectivity index (χ4v) is 3.31. The normalized spacial score (nSPS) is 12.6. The summed E-state index contributed by atoms with van der Waals surface area (Å²) in [5.41, 5.74) is 3.28. The van der Waals surface area contributed by atoms with Gasteiger partial charge in [-0.05, 0) is 48.1 Å². The molecule has 2 rings (SSSR count). The van der Waals surface area contributed by atoms with Gasteiger partial charge in [-0.25, -0.2) is 13.6 Å². The van der Waals surface area contributed by atoms with Gasteiger partial charge in [0.05, 0.1) is 5.75 Å². The zero-order valence-electron chi connectivity index (χ0n) is 14.2. The predicted molar refractivity (Wildman–Crippen MR) is 89.2 cm³/mol. The lowest BCUT2D eigenvalue weighted by atomic mass is 9.92. The second-order valence-electron chi connectivity index (χ2n) is 7.14. The number of aryl methyl sites for hydroxylation is 2. The van der Waals surface area contributed by atoms with Crippen LogP contribution in [0.5, 0.6) is 0 Å². The molecule has 0 spiro atoms. The SMILES string of the molecule is Cc1cc(-c2noc(CC(C)(C)C)n2)cc(C)c1CS(N)(=O)=O. The van der Waals surface area contributed by atoms with E-state index in [1.807, 2.05) is 26.0 Å². The fraction of sp³-hybridized carbons (Fsp3) is 0.500. The van der Waals surface area contributed by atoms with E-state index >= 15 is 0 Å². The van der Waals surface area contributed by atoms with Crippen molar-refractivity contribution in [3.8, 4) is 11.4 Å². The van der Waals surface area contributed by atoms with Crippen LogP contribution in [0.15, 0.2) is 16.7 Å². The Labute approximate surface area is 137 Å². The van der Waals surface area contributed by atoms with E-state index in [9.17, 15) is 8.42 Å². The second kappa shape index (κ2) is 6.05. The molecule has 2 aromatic rings. The van der Waals surface area contributed by atoms with Gasteiger partial charge >= 0.3 is 0 Å². The lowest BCUT2D eigenvalue weighted by Gasteiger charge is -2.13. The van der Waals surface area contributed by atoms with E-state index < -0.39 is 10.0 Å². The molecule has 6 nitrogen and oxygen atoms in total. The first-order valence-electron chi connectivity index (χ1n) is 7.38. The molecule has 0 saturated heterocycles. The van der Waals surface area contributed by atoms with E-state index in [2.05, 4.69) is 30.9 Å². The number of benzene rings is 1. The maximum atomic E-state index is 11.3. The zero-order valence-corrected chi connectivity index (χ0v) is 15.0. The molecule has 0 aliphatic carbocycles. The van der Waals surface area contributed by atoms with E-state index in [0.29, 0.717) is 18.1 Å². The summed E-state index contributed by atoms with van der Waals surface area (Å²) in [7, 11) is -3.57. The van der Waals surface area contributed by atoms with Crippen LogP contribution in [-0.4, -0.2) is 18.6 Å². The number of nitrogens with zero attached hydrogens (tertiary/aromatic N) is 2. The van der Waals surface area contributed by atoms with Gasteiger partial charge in [0.15, 0.2) is 0 Å². The summed E-state index contributed by atoms with van der Waals surface area (Å²) in [6.45, 7) is 10.0. The smallest absolute Gasteiger partial charge is 0.227 e. The average molecular weight is 337 g/mol. The lowest BCUT2D eigenvalue weighted by Crippen LogP contribution is -2.16. The van der Waals surface area contributed by atoms with Crippen molar-refractivity contribution < 1.29 is 12.9 Å². The Morgan fingerprint density at radius 1 is 1.17 bits per heavy atom. The zero-order chi connectivity index (χ0) is 17.4. The lowest BCUT2D eigenvalue weighted by molar-refractivity contribution is 0.314. The number of hydrogen-bond donors (Lipinski definition) is 1. The highest BCUT2D eigenvalue weighted by Gasteiger charge is 2.18. The Kier molecular flexibility index (Phi) is 4.64. The van der Waals surface area contributed by atoms with Gasteiger partial charge in [-0.3, -0.25) is 0 Å². The van der Waals surface area contributed by atoms with E-state index in [1.165, 1.54) is 0 Å². The molecule has 0 aliphatic heterocycles. The molecule has 1 heterocycles. The average Bonchev–Trinajstić information content (AvgIpc) is 2.78. The third kappa shape index (κ3) is 4.87. The second-order valence-corrected chi connectivity index (χ2v) is 8.76. The molecule has 0 fully saturated rings. The first-order chi connectivity index (χ1) is 10.4. The molecule has 0 saturated carbocycles. The van der Waals surface area contributed by atoms with Crippen molar-refractivity contribution in [2.24, 2.45) is 10.6 Å². The highest BCUT2D eigenvalue weighted by atomic mass is 32.2. The minimum Gasteiger partial charge on any atom is -0.339 e. The summed E-state index contributed by atoms with van der Waals surface area (Å²) >= 11 is 0. The highest BCUT2D eigenvalue weighted by molar-refractivity contribution is 7.88. The van der Waals surface area contributed by atoms with Crippen LogP contribution >= 0.6 is 0 Å². The standard InChI is InChI=1S/C16H23N3O3S/c1-10-6-12(7-11(2)13(10)9-23(17,20)21)15-18-14(22-19-15)8-16(3,4)5/h6-7H,8-9H2,1-5H3,(H2,17,20,21). The number of primary sulfonamides is 1. The molecule has 23 heavy (non-hydrogen) atoms. The van der Waals surface area contributed by atoms with Crippen LogP contribution in [0.2, 0.25) is 0 Å². The van der Waals surface area contributed by atoms with Gasteiger partial charge in [-0.15, -0.1) is 0 Å². The fourth-order valence-electron chi connectivity index (χ4n) is 2.45. The van der Waals surface area contributed by atoms with Crippen LogP contribution in [0.4, 0.5) is 0 Å². The van der Waals surface area contributed by atoms with E-state index in [1.54, 1.807) is 0 Å². The molecule has 1 aromatic heterocycles. The molecular formula is C16H23N3O3S. The summed E-state index contributed by atoms with van der Waals surface area (Å²) in [5, 5.41) is 9.18. The number of hydrogen-bond acceptors (Lipinski definition) is 5. The summed E-state index contributed by atoms with van der Waals surface area (Å²) in [5.74, 6) is 0.931. The minimum absolute atomic E-state index is 0.0645. The van der Waals surface area contributed by atoms with Gasteiger partial charge in [0.1, 0.15) is 0 Å². The Morgan fingerprint density at radius 2 is 1.74 bits per heavy atom. The predicted octanol–water partition coefficient (Wildman–Crippen LogP) is 2.73. The first kappa shape index (κ1) is 17.6. The molecule has 0 unspecified atom stereocenters. The van der Waals surface area contributed by atoms with E-state index in [4.69, 9.17) is 9.66 Å². The maximum Gasteiger partial charge on any atom is 0.227 e. The Balaban J connectivity index is 2.35. The van der Waals surface area contributed by atoms with Crippen molar-refractivity contribution in [3.63, 3.8) is 0 Å². The summed E-state index contributed by atoms with van der Waals surface area (Å²) in [6.07, 6.45) is 0.696. The van der Waals surface area contributed by atoms with E-state index in [0.717, 1.165) is 22.3 Å². The number of sulfonamides is 1. The van der Waals surface area contributed by atoms with Gasteiger partial charge in [0, 0.05) is 12.0 Å². The minimum atomic E-state index is -3.57. The molecule has 1 aromatic carbocycles. The quantitative estimate of drug-likeness (QED) is 0.924. The van der Waals surface area contributed by atoms with E-state index in [-0.39, 0.29) is 11.2 Å². The highest BCUT2D eigenvalue weighted by Crippen LogP contribution is 2.26. The van der Waals surface area contributed by atoms with Gasteiger partial charge in [-0.2, -0.15) is 4.98 Å². The maximum absolute atomic E-state index is 11.3. The molecule has 0 bridgehead atoms. The van der Waals surface area contributed by atoms with Crippen LogP contribution in [0.1, 0.15) is 43.4 Å². The largest absolute Gasteiger partial charge is 0.339 e. The summed E-state index contributed by atoms with van der Waals surface area (Å²) in [6, 6.07) is 3.72. The van der Waals surface area contributed by atoms with Crippen molar-refractivity contribution in [1.82, 2.24) is 10.1 Å². The van der Waals surface area contributed by atoms with Crippen molar-refractivity contribution in [3.05, 3.63) is 34.7 Å². The van der Waals surface area contributed by atoms with Gasteiger partial charge in [0.25, 0.3) is 0 Å². The molecule has 0 aliphatic rings. The topological polar surface area (TPSA) is 99.1 Å². The Morgan fingerprint density at radius 3 is 2.22 bits per heavy atom.